The first kappa shape index (κ1) is 21.2. The first-order valence-electron chi connectivity index (χ1n) is 10.6. The predicted octanol–water partition coefficient (Wildman–Crippen LogP) is 3.68. The molecule has 4 heterocycles. The number of nitrogens with zero attached hydrogens (tertiary/aromatic N) is 8. The molecule has 0 aliphatic carbocycles. The summed E-state index contributed by atoms with van der Waals surface area (Å²) < 4.78 is 3.44. The predicted molar refractivity (Wildman–Crippen MR) is 126 cm³/mol. The number of nitrogens with one attached hydrogen (secondary N) is 1. The monoisotopic (exact) mass is 451 g/mol. The maximum absolute atomic E-state index is 10.3. The Morgan fingerprint density at radius 1 is 1.06 bits per heavy atom. The molecule has 2 N–H and O–H groups in total. The van der Waals surface area contributed by atoms with Crippen LogP contribution < -0.4 is 5.32 Å². The van der Waals surface area contributed by atoms with E-state index >= 15 is 0 Å². The van der Waals surface area contributed by atoms with Crippen LogP contribution in [0.2, 0.25) is 0 Å². The molecule has 168 valence electrons. The standard InChI is InChI=1S/C24H21N9O/c1-14-11-27-22(12-26-14)29-17-4-6-21-20(9-17)28-13-32(21)23-7-5-19(16(3)34)24(30-23)33-15(2)8-18(10-25)31-33/h4-9,11-13,16,34H,1-3H3,(H,27,29). The van der Waals surface area contributed by atoms with Gasteiger partial charge in [-0.05, 0) is 57.2 Å². The van der Waals surface area contributed by atoms with Crippen molar-refractivity contribution < 1.29 is 5.11 Å². The van der Waals surface area contributed by atoms with Crippen LogP contribution in [0.1, 0.15) is 35.7 Å². The van der Waals surface area contributed by atoms with E-state index in [4.69, 9.17) is 4.98 Å². The van der Waals surface area contributed by atoms with Crippen LogP contribution in [0.4, 0.5) is 11.5 Å². The van der Waals surface area contributed by atoms with Gasteiger partial charge in [0.15, 0.2) is 11.5 Å². The molecule has 5 rings (SSSR count). The second-order valence-electron chi connectivity index (χ2n) is 7.94. The Balaban J connectivity index is 1.55. The molecule has 0 bridgehead atoms. The number of rotatable bonds is 5. The summed E-state index contributed by atoms with van der Waals surface area (Å²) in [6.07, 6.45) is 4.33. The molecule has 4 aromatic heterocycles. The molecule has 34 heavy (non-hydrogen) atoms. The van der Waals surface area contributed by atoms with Crippen LogP contribution in [-0.4, -0.2) is 39.4 Å². The van der Waals surface area contributed by atoms with Crippen molar-refractivity contribution in [3.8, 4) is 17.7 Å². The van der Waals surface area contributed by atoms with Crippen molar-refractivity contribution in [2.75, 3.05) is 5.32 Å². The van der Waals surface area contributed by atoms with Gasteiger partial charge in [-0.25, -0.2) is 19.6 Å². The molecule has 5 aromatic rings. The van der Waals surface area contributed by atoms with Crippen molar-refractivity contribution in [1.29, 1.82) is 5.26 Å². The highest BCUT2D eigenvalue weighted by atomic mass is 16.3. The molecule has 0 radical (unpaired) electrons. The van der Waals surface area contributed by atoms with Crippen molar-refractivity contribution in [3.05, 3.63) is 77.8 Å². The largest absolute Gasteiger partial charge is 0.389 e. The van der Waals surface area contributed by atoms with Crippen molar-refractivity contribution in [3.63, 3.8) is 0 Å². The smallest absolute Gasteiger partial charge is 0.163 e. The first-order chi connectivity index (χ1) is 16.4. The second kappa shape index (κ2) is 8.38. The summed E-state index contributed by atoms with van der Waals surface area (Å²) in [5, 5.41) is 27.1. The van der Waals surface area contributed by atoms with Gasteiger partial charge in [0.05, 0.1) is 35.2 Å². The van der Waals surface area contributed by atoms with Crippen LogP contribution >= 0.6 is 0 Å². The molecule has 0 aliphatic heterocycles. The van der Waals surface area contributed by atoms with E-state index in [1.165, 1.54) is 0 Å². The Bertz CT molecular complexity index is 1540. The van der Waals surface area contributed by atoms with Gasteiger partial charge in [0.2, 0.25) is 0 Å². The van der Waals surface area contributed by atoms with Crippen LogP contribution in [0.15, 0.2) is 55.1 Å². The zero-order chi connectivity index (χ0) is 23.8. The SMILES string of the molecule is Cc1cnc(Nc2ccc3c(c2)ncn3-c2ccc(C(C)O)c(-n3nc(C#N)cc3C)n2)cn1. The van der Waals surface area contributed by atoms with Crippen LogP contribution in [0.5, 0.6) is 0 Å². The summed E-state index contributed by atoms with van der Waals surface area (Å²) >= 11 is 0. The molecule has 0 fully saturated rings. The lowest BCUT2D eigenvalue weighted by Crippen LogP contribution is -2.10. The number of benzene rings is 1. The van der Waals surface area contributed by atoms with Crippen molar-refractivity contribution in [2.45, 2.75) is 26.9 Å². The zero-order valence-corrected chi connectivity index (χ0v) is 18.8. The van der Waals surface area contributed by atoms with Crippen LogP contribution in [0, 0.1) is 25.2 Å². The lowest BCUT2D eigenvalue weighted by Gasteiger charge is -2.14. The Hall–Kier alpha value is -4.62. The van der Waals surface area contributed by atoms with Gasteiger partial charge in [-0.3, -0.25) is 9.55 Å². The fourth-order valence-electron chi connectivity index (χ4n) is 3.70. The van der Waals surface area contributed by atoms with Crippen molar-refractivity contribution in [1.82, 2.24) is 34.3 Å². The third-order valence-electron chi connectivity index (χ3n) is 5.39. The third kappa shape index (κ3) is 3.85. The van der Waals surface area contributed by atoms with Crippen LogP contribution in [-0.2, 0) is 0 Å². The van der Waals surface area contributed by atoms with Gasteiger partial charge in [0.1, 0.15) is 24.0 Å². The minimum absolute atomic E-state index is 0.285. The number of hydrogen-bond donors (Lipinski definition) is 2. The van der Waals surface area contributed by atoms with Gasteiger partial charge < -0.3 is 10.4 Å². The van der Waals surface area contributed by atoms with Crippen LogP contribution in [0.3, 0.4) is 0 Å². The highest BCUT2D eigenvalue weighted by molar-refractivity contribution is 5.82. The van der Waals surface area contributed by atoms with Gasteiger partial charge in [-0.15, -0.1) is 0 Å². The number of aryl methyl sites for hydroxylation is 2. The Kier molecular flexibility index (Phi) is 5.24. The zero-order valence-electron chi connectivity index (χ0n) is 18.8. The second-order valence-corrected chi connectivity index (χ2v) is 7.94. The summed E-state index contributed by atoms with van der Waals surface area (Å²) in [6, 6.07) is 13.2. The fourth-order valence-corrected chi connectivity index (χ4v) is 3.70. The molecule has 1 atom stereocenters. The normalized spacial score (nSPS) is 12.0. The molecule has 1 unspecified atom stereocenters. The molecule has 10 heteroatoms. The number of imidazole rings is 1. The lowest BCUT2D eigenvalue weighted by atomic mass is 10.1. The molecule has 0 aliphatic rings. The Labute approximate surface area is 195 Å². The summed E-state index contributed by atoms with van der Waals surface area (Å²) in [5.74, 6) is 1.72. The molecule has 0 spiro atoms. The Morgan fingerprint density at radius 2 is 1.91 bits per heavy atom. The Morgan fingerprint density at radius 3 is 2.62 bits per heavy atom. The average Bonchev–Trinajstić information content (AvgIpc) is 3.43. The summed E-state index contributed by atoms with van der Waals surface area (Å²) in [5.41, 5.74) is 4.96. The van der Waals surface area contributed by atoms with Gasteiger partial charge in [0.25, 0.3) is 0 Å². The number of nitriles is 1. The van der Waals surface area contributed by atoms with E-state index in [0.717, 1.165) is 28.1 Å². The minimum atomic E-state index is -0.760. The molecule has 10 nitrogen and oxygen atoms in total. The number of fused-ring (bicyclic) bond motifs is 1. The number of aliphatic hydroxyl groups is 1. The molecule has 0 saturated carbocycles. The van der Waals surface area contributed by atoms with Crippen LogP contribution in [0.25, 0.3) is 22.7 Å². The fraction of sp³-hybridized carbons (Fsp3) is 0.167. The number of aliphatic hydroxyl groups excluding tert-OH is 1. The van der Waals surface area contributed by atoms with Gasteiger partial charge >= 0.3 is 0 Å². The lowest BCUT2D eigenvalue weighted by molar-refractivity contribution is 0.198. The number of anilines is 2. The topological polar surface area (TPSA) is 130 Å². The maximum Gasteiger partial charge on any atom is 0.163 e. The molecule has 0 saturated heterocycles. The van der Waals surface area contributed by atoms with Crippen molar-refractivity contribution >= 4 is 22.5 Å². The third-order valence-corrected chi connectivity index (χ3v) is 5.39. The molecular weight excluding hydrogens is 430 g/mol. The van der Waals surface area contributed by atoms with E-state index in [1.54, 1.807) is 36.4 Å². The number of aromatic nitrogens is 7. The maximum atomic E-state index is 10.3. The van der Waals surface area contributed by atoms with Crippen molar-refractivity contribution in [2.24, 2.45) is 0 Å². The van der Waals surface area contributed by atoms with Gasteiger partial charge in [0, 0.05) is 16.9 Å². The summed E-state index contributed by atoms with van der Waals surface area (Å²) in [4.78, 5) is 17.9. The average molecular weight is 451 g/mol. The van der Waals surface area contributed by atoms with E-state index in [0.29, 0.717) is 23.0 Å². The molecular formula is C24H21N9O. The number of pyridine rings is 1. The highest BCUT2D eigenvalue weighted by Gasteiger charge is 2.17. The van der Waals surface area contributed by atoms with E-state index in [-0.39, 0.29) is 5.69 Å². The molecule has 1 aromatic carbocycles. The van der Waals surface area contributed by atoms with Gasteiger partial charge in [-0.2, -0.15) is 10.4 Å². The van der Waals surface area contributed by atoms with Gasteiger partial charge in [-0.1, -0.05) is 0 Å². The minimum Gasteiger partial charge on any atom is -0.389 e. The summed E-state index contributed by atoms with van der Waals surface area (Å²) in [6.45, 7) is 5.40. The molecule has 0 amide bonds. The van der Waals surface area contributed by atoms with E-state index in [2.05, 4.69) is 25.4 Å². The number of hydrogen-bond acceptors (Lipinski definition) is 8. The van der Waals surface area contributed by atoms with E-state index < -0.39 is 6.10 Å². The highest BCUT2D eigenvalue weighted by Crippen LogP contribution is 2.26. The first-order valence-corrected chi connectivity index (χ1v) is 10.6. The summed E-state index contributed by atoms with van der Waals surface area (Å²) in [7, 11) is 0. The van der Waals surface area contributed by atoms with E-state index in [9.17, 15) is 10.4 Å². The quantitative estimate of drug-likeness (QED) is 0.414. The van der Waals surface area contributed by atoms with E-state index in [1.807, 2.05) is 54.8 Å².